The highest BCUT2D eigenvalue weighted by molar-refractivity contribution is 6.09. The second-order valence-electron chi connectivity index (χ2n) is 6.77. The summed E-state index contributed by atoms with van der Waals surface area (Å²) in [5.74, 6) is -2.41. The maximum absolute atomic E-state index is 13.1. The molecule has 150 valence electrons. The zero-order chi connectivity index (χ0) is 21.2. The van der Waals surface area contributed by atoms with Crippen LogP contribution in [0.1, 0.15) is 28.4 Å². The van der Waals surface area contributed by atoms with Gasteiger partial charge in [-0.25, -0.2) is 9.18 Å². The van der Waals surface area contributed by atoms with Crippen LogP contribution in [-0.2, 0) is 15.1 Å². The van der Waals surface area contributed by atoms with Gasteiger partial charge >= 0.3 is 6.03 Å². The Bertz CT molecular complexity index is 992. The van der Waals surface area contributed by atoms with Gasteiger partial charge in [-0.2, -0.15) is 0 Å². The lowest BCUT2D eigenvalue weighted by Gasteiger charge is -2.22. The highest BCUT2D eigenvalue weighted by Crippen LogP contribution is 2.28. The van der Waals surface area contributed by atoms with E-state index in [-0.39, 0.29) is 0 Å². The maximum Gasteiger partial charge on any atom is 0.325 e. The van der Waals surface area contributed by atoms with Crippen molar-refractivity contribution in [3.8, 4) is 0 Å². The second-order valence-corrected chi connectivity index (χ2v) is 6.77. The predicted octanol–water partition coefficient (Wildman–Crippen LogP) is 1.36. The van der Waals surface area contributed by atoms with Gasteiger partial charge in [0, 0.05) is 5.56 Å². The summed E-state index contributed by atoms with van der Waals surface area (Å²) < 4.78 is 13.1. The zero-order valence-corrected chi connectivity index (χ0v) is 15.8. The quantitative estimate of drug-likeness (QED) is 0.534. The lowest BCUT2D eigenvalue weighted by molar-refractivity contribution is -0.135. The molecule has 1 fully saturated rings. The first-order chi connectivity index (χ1) is 13.7. The molecule has 0 radical (unpaired) electrons. The summed E-state index contributed by atoms with van der Waals surface area (Å²) in [6, 6.07) is 11.2. The van der Waals surface area contributed by atoms with E-state index in [4.69, 9.17) is 0 Å². The van der Waals surface area contributed by atoms with Crippen LogP contribution in [0, 0.1) is 12.7 Å². The summed E-state index contributed by atoms with van der Waals surface area (Å²) in [6.45, 7) is 2.63. The van der Waals surface area contributed by atoms with E-state index >= 15 is 0 Å². The molecule has 8 nitrogen and oxygen atoms in total. The van der Waals surface area contributed by atoms with Gasteiger partial charge in [-0.15, -0.1) is 0 Å². The molecule has 9 heteroatoms. The van der Waals surface area contributed by atoms with Gasteiger partial charge in [-0.3, -0.25) is 30.1 Å². The van der Waals surface area contributed by atoms with Crippen LogP contribution in [0.2, 0.25) is 0 Å². The fourth-order valence-electron chi connectivity index (χ4n) is 3.02. The van der Waals surface area contributed by atoms with Gasteiger partial charge in [-0.05, 0) is 43.2 Å². The normalized spacial score (nSPS) is 18.4. The number of carbonyl (C=O) groups excluding carboxylic acids is 4. The molecule has 1 heterocycles. The molecule has 0 aliphatic carbocycles. The van der Waals surface area contributed by atoms with Crippen molar-refractivity contribution in [3.63, 3.8) is 0 Å². The minimum absolute atomic E-state index is 0.381. The van der Waals surface area contributed by atoms with E-state index in [0.717, 1.165) is 10.5 Å². The van der Waals surface area contributed by atoms with Gasteiger partial charge in [-0.1, -0.05) is 30.3 Å². The first-order valence-corrected chi connectivity index (χ1v) is 8.77. The van der Waals surface area contributed by atoms with Crippen LogP contribution in [0.5, 0.6) is 0 Å². The fraction of sp³-hybridized carbons (Fsp3) is 0.200. The molecule has 1 aliphatic rings. The van der Waals surface area contributed by atoms with Crippen molar-refractivity contribution in [2.24, 2.45) is 0 Å². The first kappa shape index (κ1) is 20.0. The third kappa shape index (κ3) is 3.93. The number of hydrazine groups is 1. The SMILES string of the molecule is Cc1ccccc1C(=O)NNC(=O)CN1C(=O)NC(C)(c2ccc(F)cc2)C1=O. The van der Waals surface area contributed by atoms with Crippen molar-refractivity contribution < 1.29 is 23.6 Å². The number of urea groups is 1. The van der Waals surface area contributed by atoms with E-state index in [1.807, 2.05) is 0 Å². The minimum atomic E-state index is -1.42. The van der Waals surface area contributed by atoms with Crippen LogP contribution in [-0.4, -0.2) is 35.2 Å². The number of amides is 5. The third-order valence-electron chi connectivity index (χ3n) is 4.70. The molecule has 1 unspecified atom stereocenters. The standard InChI is InChI=1S/C20H19FN4O4/c1-12-5-3-4-6-15(12)17(27)24-23-16(26)11-25-18(28)20(2,22-19(25)29)13-7-9-14(21)10-8-13/h3-10H,11H2,1-2H3,(H,22,29)(H,23,26)(H,24,27). The molecule has 1 atom stereocenters. The van der Waals surface area contributed by atoms with Crippen molar-refractivity contribution in [2.75, 3.05) is 6.54 Å². The molecular weight excluding hydrogens is 379 g/mol. The molecular formula is C20H19FN4O4. The largest absolute Gasteiger partial charge is 0.325 e. The molecule has 3 N–H and O–H groups in total. The zero-order valence-electron chi connectivity index (χ0n) is 15.8. The Morgan fingerprint density at radius 2 is 1.72 bits per heavy atom. The summed E-state index contributed by atoms with van der Waals surface area (Å²) >= 11 is 0. The monoisotopic (exact) mass is 398 g/mol. The Kier molecular flexibility index (Phi) is 5.31. The summed E-state index contributed by atoms with van der Waals surface area (Å²) in [5, 5.41) is 2.52. The van der Waals surface area contributed by atoms with Gasteiger partial charge in [0.2, 0.25) is 0 Å². The van der Waals surface area contributed by atoms with Gasteiger partial charge in [0.1, 0.15) is 17.9 Å². The fourth-order valence-corrected chi connectivity index (χ4v) is 3.02. The highest BCUT2D eigenvalue weighted by atomic mass is 19.1. The molecule has 0 spiro atoms. The third-order valence-corrected chi connectivity index (χ3v) is 4.70. The number of halogens is 1. The van der Waals surface area contributed by atoms with Crippen LogP contribution < -0.4 is 16.2 Å². The molecule has 1 saturated heterocycles. The number of rotatable bonds is 4. The number of aryl methyl sites for hydroxylation is 1. The Morgan fingerprint density at radius 3 is 2.38 bits per heavy atom. The van der Waals surface area contributed by atoms with Crippen molar-refractivity contribution in [1.29, 1.82) is 0 Å². The number of nitrogens with zero attached hydrogens (tertiary/aromatic N) is 1. The predicted molar refractivity (Wildman–Crippen MR) is 101 cm³/mol. The molecule has 3 rings (SSSR count). The van der Waals surface area contributed by atoms with Gasteiger partial charge in [0.15, 0.2) is 0 Å². The average molecular weight is 398 g/mol. The topological polar surface area (TPSA) is 108 Å². The minimum Gasteiger partial charge on any atom is -0.319 e. The van der Waals surface area contributed by atoms with Crippen LogP contribution in [0.25, 0.3) is 0 Å². The van der Waals surface area contributed by atoms with E-state index in [1.54, 1.807) is 31.2 Å². The summed E-state index contributed by atoms with van der Waals surface area (Å²) in [5.41, 5.74) is 4.51. The van der Waals surface area contributed by atoms with Crippen molar-refractivity contribution in [1.82, 2.24) is 21.1 Å². The van der Waals surface area contributed by atoms with E-state index < -0.39 is 41.7 Å². The van der Waals surface area contributed by atoms with Crippen LogP contribution in [0.15, 0.2) is 48.5 Å². The summed E-state index contributed by atoms with van der Waals surface area (Å²) in [7, 11) is 0. The van der Waals surface area contributed by atoms with Crippen LogP contribution in [0.3, 0.4) is 0 Å². The number of imide groups is 1. The van der Waals surface area contributed by atoms with Crippen molar-refractivity contribution in [3.05, 3.63) is 71.0 Å². The summed E-state index contributed by atoms with van der Waals surface area (Å²) in [6.07, 6.45) is 0. The van der Waals surface area contributed by atoms with Crippen LogP contribution >= 0.6 is 0 Å². The number of benzene rings is 2. The number of carbonyl (C=O) groups is 4. The molecule has 2 aromatic rings. The van der Waals surface area contributed by atoms with Crippen molar-refractivity contribution >= 4 is 23.8 Å². The summed E-state index contributed by atoms with van der Waals surface area (Å²) in [4.78, 5) is 50.0. The number of nitrogens with one attached hydrogen (secondary N) is 3. The Balaban J connectivity index is 1.64. The lowest BCUT2D eigenvalue weighted by Crippen LogP contribution is -2.48. The highest BCUT2D eigenvalue weighted by Gasteiger charge is 2.49. The smallest absolute Gasteiger partial charge is 0.319 e. The molecule has 1 aliphatic heterocycles. The van der Waals surface area contributed by atoms with Gasteiger partial charge in [0.25, 0.3) is 17.7 Å². The van der Waals surface area contributed by atoms with E-state index in [1.165, 1.54) is 31.2 Å². The first-order valence-electron chi connectivity index (χ1n) is 8.77. The lowest BCUT2D eigenvalue weighted by atomic mass is 9.92. The maximum atomic E-state index is 13.1. The number of hydrogen-bond donors (Lipinski definition) is 3. The van der Waals surface area contributed by atoms with E-state index in [9.17, 15) is 23.6 Å². The molecule has 2 aromatic carbocycles. The van der Waals surface area contributed by atoms with E-state index in [0.29, 0.717) is 11.1 Å². The van der Waals surface area contributed by atoms with E-state index in [2.05, 4.69) is 16.2 Å². The average Bonchev–Trinajstić information content (AvgIpc) is 2.91. The van der Waals surface area contributed by atoms with Crippen LogP contribution in [0.4, 0.5) is 9.18 Å². The second kappa shape index (κ2) is 7.70. The number of hydrogen-bond acceptors (Lipinski definition) is 4. The molecule has 0 saturated carbocycles. The van der Waals surface area contributed by atoms with Gasteiger partial charge < -0.3 is 5.32 Å². The molecule has 0 aromatic heterocycles. The Hall–Kier alpha value is -3.75. The van der Waals surface area contributed by atoms with Crippen molar-refractivity contribution in [2.45, 2.75) is 19.4 Å². The molecule has 5 amide bonds. The Labute approximate surface area is 166 Å². The molecule has 29 heavy (non-hydrogen) atoms. The Morgan fingerprint density at radius 1 is 1.07 bits per heavy atom. The van der Waals surface area contributed by atoms with Gasteiger partial charge in [0.05, 0.1) is 0 Å². The molecule has 0 bridgehead atoms.